The number of fused-ring (bicyclic) bond motifs is 2. The standard InChI is InChI=1S/C23H21N3O5/c1-13-18-9-16(29-2)7-5-15(18)11-26(13)12-23(21(27)24-22(28)25-23)20-8-14-4-6-17(30-3)10-19(14)31-20/h4-10H,1,11-12H2,2-3H3,(H2,24,25,27,28)/t23-/m0/s1. The van der Waals surface area contributed by atoms with Gasteiger partial charge in [-0.15, -0.1) is 0 Å². The van der Waals surface area contributed by atoms with Crippen LogP contribution in [0, 0.1) is 0 Å². The van der Waals surface area contributed by atoms with Gasteiger partial charge in [-0.3, -0.25) is 10.1 Å². The van der Waals surface area contributed by atoms with Crippen LogP contribution in [0.1, 0.15) is 16.9 Å². The molecule has 2 aliphatic rings. The second kappa shape index (κ2) is 6.80. The van der Waals surface area contributed by atoms with Gasteiger partial charge in [-0.25, -0.2) is 4.79 Å². The number of methoxy groups -OCH3 is 2. The van der Waals surface area contributed by atoms with Crippen molar-refractivity contribution in [1.29, 1.82) is 0 Å². The van der Waals surface area contributed by atoms with Crippen molar-refractivity contribution >= 4 is 28.6 Å². The zero-order valence-electron chi connectivity index (χ0n) is 17.2. The van der Waals surface area contributed by atoms with Gasteiger partial charge < -0.3 is 24.1 Å². The van der Waals surface area contributed by atoms with Crippen LogP contribution in [-0.2, 0) is 16.9 Å². The predicted molar refractivity (Wildman–Crippen MR) is 114 cm³/mol. The molecule has 2 N–H and O–H groups in total. The number of hydrogen-bond donors (Lipinski definition) is 2. The zero-order valence-corrected chi connectivity index (χ0v) is 17.2. The third-order valence-electron chi connectivity index (χ3n) is 5.89. The molecule has 0 aliphatic carbocycles. The largest absolute Gasteiger partial charge is 0.497 e. The van der Waals surface area contributed by atoms with Crippen LogP contribution in [0.5, 0.6) is 11.5 Å². The summed E-state index contributed by atoms with van der Waals surface area (Å²) < 4.78 is 16.6. The van der Waals surface area contributed by atoms with Crippen molar-refractivity contribution in [2.45, 2.75) is 12.1 Å². The van der Waals surface area contributed by atoms with E-state index in [1.54, 1.807) is 26.4 Å². The molecular formula is C23H21N3O5. The van der Waals surface area contributed by atoms with Gasteiger partial charge in [0, 0.05) is 29.3 Å². The molecule has 0 bridgehead atoms. The van der Waals surface area contributed by atoms with E-state index >= 15 is 0 Å². The fraction of sp³-hybridized carbons (Fsp3) is 0.217. The number of imide groups is 1. The summed E-state index contributed by atoms with van der Waals surface area (Å²) in [5.74, 6) is 1.25. The molecule has 1 atom stereocenters. The third-order valence-corrected chi connectivity index (χ3v) is 5.89. The topological polar surface area (TPSA) is 93.0 Å². The smallest absolute Gasteiger partial charge is 0.322 e. The molecule has 5 rings (SSSR count). The maximum atomic E-state index is 13.0. The van der Waals surface area contributed by atoms with Crippen LogP contribution in [0.25, 0.3) is 16.7 Å². The predicted octanol–water partition coefficient (Wildman–Crippen LogP) is 2.97. The van der Waals surface area contributed by atoms with Gasteiger partial charge in [-0.2, -0.15) is 0 Å². The quantitative estimate of drug-likeness (QED) is 0.618. The van der Waals surface area contributed by atoms with E-state index in [1.807, 2.05) is 35.2 Å². The van der Waals surface area contributed by atoms with Crippen LogP contribution in [-0.4, -0.2) is 37.6 Å². The summed E-state index contributed by atoms with van der Waals surface area (Å²) >= 11 is 0. The Morgan fingerprint density at radius 3 is 2.55 bits per heavy atom. The van der Waals surface area contributed by atoms with Crippen LogP contribution >= 0.6 is 0 Å². The Bertz CT molecular complexity index is 1250. The first-order valence-electron chi connectivity index (χ1n) is 9.76. The van der Waals surface area contributed by atoms with Crippen LogP contribution in [0.15, 0.2) is 53.5 Å². The van der Waals surface area contributed by atoms with Gasteiger partial charge >= 0.3 is 6.03 Å². The lowest BCUT2D eigenvalue weighted by atomic mass is 9.95. The van der Waals surface area contributed by atoms with Gasteiger partial charge in [0.1, 0.15) is 22.8 Å². The number of amides is 3. The minimum atomic E-state index is -1.39. The highest BCUT2D eigenvalue weighted by Crippen LogP contribution is 2.39. The molecule has 31 heavy (non-hydrogen) atoms. The van der Waals surface area contributed by atoms with E-state index in [0.717, 1.165) is 28.0 Å². The molecule has 1 aromatic heterocycles. The summed E-state index contributed by atoms with van der Waals surface area (Å²) in [7, 11) is 3.18. The molecule has 3 aromatic rings. The second-order valence-electron chi connectivity index (χ2n) is 7.65. The maximum Gasteiger partial charge on any atom is 0.322 e. The number of rotatable bonds is 5. The summed E-state index contributed by atoms with van der Waals surface area (Å²) in [5.41, 5.74) is 1.95. The Morgan fingerprint density at radius 1 is 1.10 bits per heavy atom. The molecule has 3 amide bonds. The van der Waals surface area contributed by atoms with E-state index in [2.05, 4.69) is 17.2 Å². The third kappa shape index (κ3) is 2.91. The Labute approximate surface area is 178 Å². The zero-order chi connectivity index (χ0) is 21.8. The summed E-state index contributed by atoms with van der Waals surface area (Å²) in [4.78, 5) is 27.1. The lowest BCUT2D eigenvalue weighted by molar-refractivity contribution is -0.125. The molecule has 2 aliphatic heterocycles. The molecule has 1 fully saturated rings. The van der Waals surface area contributed by atoms with Crippen LogP contribution in [0.4, 0.5) is 4.79 Å². The molecule has 8 nitrogen and oxygen atoms in total. The van der Waals surface area contributed by atoms with Gasteiger partial charge in [0.15, 0.2) is 5.54 Å². The van der Waals surface area contributed by atoms with Crippen LogP contribution < -0.4 is 20.1 Å². The summed E-state index contributed by atoms with van der Waals surface area (Å²) in [6.45, 7) is 4.92. The summed E-state index contributed by atoms with van der Waals surface area (Å²) in [6, 6.07) is 12.4. The minimum absolute atomic E-state index is 0.164. The van der Waals surface area contributed by atoms with Crippen molar-refractivity contribution in [3.05, 3.63) is 65.9 Å². The van der Waals surface area contributed by atoms with Crippen LogP contribution in [0.2, 0.25) is 0 Å². The molecule has 0 saturated carbocycles. The average molecular weight is 419 g/mol. The van der Waals surface area contributed by atoms with Crippen LogP contribution in [0.3, 0.4) is 0 Å². The molecular weight excluding hydrogens is 398 g/mol. The van der Waals surface area contributed by atoms with Crippen molar-refractivity contribution in [3.63, 3.8) is 0 Å². The van der Waals surface area contributed by atoms with E-state index < -0.39 is 17.5 Å². The molecule has 0 radical (unpaired) electrons. The summed E-state index contributed by atoms with van der Waals surface area (Å²) in [5, 5.41) is 5.94. The number of benzene rings is 2. The number of nitrogens with zero attached hydrogens (tertiary/aromatic N) is 1. The highest BCUT2D eigenvalue weighted by Gasteiger charge is 2.52. The van der Waals surface area contributed by atoms with Crippen molar-refractivity contribution in [2.24, 2.45) is 0 Å². The van der Waals surface area contributed by atoms with E-state index in [-0.39, 0.29) is 6.54 Å². The van der Waals surface area contributed by atoms with E-state index in [9.17, 15) is 9.59 Å². The SMILES string of the molecule is C=C1c2cc(OC)ccc2CN1C[C@@]1(c2cc3ccc(OC)cc3o2)NC(=O)NC1=O. The fourth-order valence-corrected chi connectivity index (χ4v) is 4.20. The highest BCUT2D eigenvalue weighted by atomic mass is 16.5. The molecule has 3 heterocycles. The number of urea groups is 1. The fourth-order valence-electron chi connectivity index (χ4n) is 4.20. The molecule has 1 saturated heterocycles. The second-order valence-corrected chi connectivity index (χ2v) is 7.65. The Kier molecular flexibility index (Phi) is 4.18. The van der Waals surface area contributed by atoms with Gasteiger partial charge in [0.2, 0.25) is 0 Å². The minimum Gasteiger partial charge on any atom is -0.497 e. The van der Waals surface area contributed by atoms with Crippen molar-refractivity contribution in [3.8, 4) is 11.5 Å². The lowest BCUT2D eigenvalue weighted by Crippen LogP contribution is -2.51. The first-order chi connectivity index (χ1) is 14.9. The van der Waals surface area contributed by atoms with E-state index in [1.165, 1.54) is 0 Å². The molecule has 158 valence electrons. The average Bonchev–Trinajstić information content (AvgIpc) is 3.41. The van der Waals surface area contributed by atoms with E-state index in [0.29, 0.717) is 23.6 Å². The molecule has 0 unspecified atom stereocenters. The molecule has 0 spiro atoms. The summed E-state index contributed by atoms with van der Waals surface area (Å²) in [6.07, 6.45) is 0. The van der Waals surface area contributed by atoms with E-state index in [4.69, 9.17) is 13.9 Å². The Hall–Kier alpha value is -3.94. The van der Waals surface area contributed by atoms with Crippen molar-refractivity contribution in [2.75, 3.05) is 20.8 Å². The van der Waals surface area contributed by atoms with Gasteiger partial charge in [-0.1, -0.05) is 12.6 Å². The monoisotopic (exact) mass is 419 g/mol. The number of hydrogen-bond acceptors (Lipinski definition) is 6. The Morgan fingerprint density at radius 2 is 1.84 bits per heavy atom. The van der Waals surface area contributed by atoms with Gasteiger partial charge in [-0.05, 0) is 35.9 Å². The first kappa shape index (κ1) is 19.0. The molecule has 2 aromatic carbocycles. The number of furan rings is 1. The highest BCUT2D eigenvalue weighted by molar-refractivity contribution is 6.07. The normalized spacial score (nSPS) is 20.1. The first-order valence-corrected chi connectivity index (χ1v) is 9.76. The van der Waals surface area contributed by atoms with Gasteiger partial charge in [0.25, 0.3) is 5.91 Å². The number of carbonyl (C=O) groups is 2. The number of nitrogens with one attached hydrogen (secondary N) is 2. The number of carbonyl (C=O) groups excluding carboxylic acids is 2. The van der Waals surface area contributed by atoms with Crippen molar-refractivity contribution in [1.82, 2.24) is 15.5 Å². The molecule has 8 heteroatoms. The maximum absolute atomic E-state index is 13.0. The van der Waals surface area contributed by atoms with Gasteiger partial charge in [0.05, 0.1) is 20.8 Å². The number of ether oxygens (including phenoxy) is 2. The lowest BCUT2D eigenvalue weighted by Gasteiger charge is -2.30. The Balaban J connectivity index is 1.54. The van der Waals surface area contributed by atoms with Crippen molar-refractivity contribution < 1.29 is 23.5 Å².